The molecule has 0 spiro atoms. The van der Waals surface area contributed by atoms with Gasteiger partial charge in [0.1, 0.15) is 5.82 Å². The Balaban J connectivity index is 2.07. The molecule has 2 fully saturated rings. The van der Waals surface area contributed by atoms with Gasteiger partial charge in [-0.1, -0.05) is 38.5 Å². The van der Waals surface area contributed by atoms with E-state index in [1.54, 1.807) is 0 Å². The molecule has 5 heteroatoms. The molecule has 138 valence electrons. The molecule has 2 aliphatic rings. The maximum absolute atomic E-state index is 4.91. The van der Waals surface area contributed by atoms with Crippen LogP contribution in [0.1, 0.15) is 64.2 Å². The number of hydrogen-bond acceptors (Lipinski definition) is 3. The maximum Gasteiger partial charge on any atom is 0.202 e. The average Bonchev–Trinajstić information content (AvgIpc) is 2.58. The van der Waals surface area contributed by atoms with Gasteiger partial charge in [-0.2, -0.15) is 4.99 Å². The number of nitrogens with one attached hydrogen (secondary N) is 2. The van der Waals surface area contributed by atoms with E-state index in [0.29, 0.717) is 12.1 Å². The highest BCUT2D eigenvalue weighted by Gasteiger charge is 2.16. The van der Waals surface area contributed by atoms with Crippen LogP contribution in [0, 0.1) is 0 Å². The fourth-order valence-electron chi connectivity index (χ4n) is 3.74. The van der Waals surface area contributed by atoms with Crippen molar-refractivity contribution in [1.82, 2.24) is 20.4 Å². The minimum atomic E-state index is 0.562. The SMILES string of the molecule is CN(C)C(=N/C(=C/NC1CCCCC1)NC1CCCCC1)N(C)C. The van der Waals surface area contributed by atoms with Gasteiger partial charge in [0.25, 0.3) is 0 Å². The van der Waals surface area contributed by atoms with Crippen molar-refractivity contribution in [2.75, 3.05) is 28.2 Å². The summed E-state index contributed by atoms with van der Waals surface area (Å²) in [5.41, 5.74) is 0. The van der Waals surface area contributed by atoms with E-state index < -0.39 is 0 Å². The quantitative estimate of drug-likeness (QED) is 0.598. The first-order chi connectivity index (χ1) is 11.6. The van der Waals surface area contributed by atoms with Gasteiger partial charge in [0.2, 0.25) is 5.96 Å². The van der Waals surface area contributed by atoms with E-state index in [1.807, 2.05) is 28.2 Å². The van der Waals surface area contributed by atoms with Crippen molar-refractivity contribution in [2.45, 2.75) is 76.3 Å². The minimum Gasteiger partial charge on any atom is -0.385 e. The number of aliphatic imine (C=N–C) groups is 1. The summed E-state index contributed by atoms with van der Waals surface area (Å²) in [6.07, 6.45) is 15.3. The molecule has 0 bridgehead atoms. The van der Waals surface area contributed by atoms with Crippen LogP contribution >= 0.6 is 0 Å². The molecular formula is C19H37N5. The highest BCUT2D eigenvalue weighted by Crippen LogP contribution is 2.20. The highest BCUT2D eigenvalue weighted by molar-refractivity contribution is 5.80. The molecule has 2 N–H and O–H groups in total. The molecule has 2 aliphatic carbocycles. The predicted molar refractivity (Wildman–Crippen MR) is 103 cm³/mol. The van der Waals surface area contributed by atoms with Crippen LogP contribution in [0.2, 0.25) is 0 Å². The van der Waals surface area contributed by atoms with E-state index in [0.717, 1.165) is 11.8 Å². The summed E-state index contributed by atoms with van der Waals surface area (Å²) in [4.78, 5) is 9.04. The van der Waals surface area contributed by atoms with E-state index in [1.165, 1.54) is 64.2 Å². The lowest BCUT2D eigenvalue weighted by molar-refractivity contribution is 0.386. The Labute approximate surface area is 148 Å². The number of hydrogen-bond donors (Lipinski definition) is 2. The third-order valence-electron chi connectivity index (χ3n) is 5.04. The summed E-state index contributed by atoms with van der Waals surface area (Å²) in [5.74, 6) is 1.94. The number of rotatable bonds is 5. The molecule has 24 heavy (non-hydrogen) atoms. The molecule has 5 nitrogen and oxygen atoms in total. The molecule has 2 saturated carbocycles. The van der Waals surface area contributed by atoms with Gasteiger partial charge in [0, 0.05) is 46.5 Å². The average molecular weight is 336 g/mol. The van der Waals surface area contributed by atoms with Gasteiger partial charge in [0.15, 0.2) is 0 Å². The lowest BCUT2D eigenvalue weighted by Gasteiger charge is -2.27. The fourth-order valence-corrected chi connectivity index (χ4v) is 3.74. The van der Waals surface area contributed by atoms with E-state index in [2.05, 4.69) is 26.6 Å². The standard InChI is InChI=1S/C19H37N5/c1-23(2)19(24(3)4)22-18(21-17-13-9-6-10-14-17)15-20-16-11-7-5-8-12-16/h15-17,20-21H,5-14H2,1-4H3/b18-15+. The van der Waals surface area contributed by atoms with Crippen LogP contribution in [0.4, 0.5) is 0 Å². The first-order valence-electron chi connectivity index (χ1n) is 9.72. The van der Waals surface area contributed by atoms with Crippen molar-refractivity contribution < 1.29 is 0 Å². The Morgan fingerprint density at radius 1 is 0.792 bits per heavy atom. The molecule has 0 aliphatic heterocycles. The monoisotopic (exact) mass is 335 g/mol. The molecule has 0 heterocycles. The molecule has 0 aromatic heterocycles. The van der Waals surface area contributed by atoms with Gasteiger partial charge in [-0.3, -0.25) is 0 Å². The highest BCUT2D eigenvalue weighted by atomic mass is 15.3. The second-order valence-corrected chi connectivity index (χ2v) is 7.71. The summed E-state index contributed by atoms with van der Waals surface area (Å²) in [6.45, 7) is 0. The molecular weight excluding hydrogens is 298 g/mol. The summed E-state index contributed by atoms with van der Waals surface area (Å²) in [7, 11) is 8.19. The smallest absolute Gasteiger partial charge is 0.202 e. The molecule has 0 unspecified atom stereocenters. The largest absolute Gasteiger partial charge is 0.385 e. The Kier molecular flexibility index (Phi) is 7.73. The van der Waals surface area contributed by atoms with E-state index in [-0.39, 0.29) is 0 Å². The first kappa shape index (κ1) is 18.9. The van der Waals surface area contributed by atoms with Gasteiger partial charge in [-0.15, -0.1) is 0 Å². The second-order valence-electron chi connectivity index (χ2n) is 7.71. The maximum atomic E-state index is 4.91. The number of guanidine groups is 1. The summed E-state index contributed by atoms with van der Waals surface area (Å²) < 4.78 is 0. The fraction of sp³-hybridized carbons (Fsp3) is 0.842. The van der Waals surface area contributed by atoms with Gasteiger partial charge in [-0.25, -0.2) is 0 Å². The van der Waals surface area contributed by atoms with E-state index in [9.17, 15) is 0 Å². The van der Waals surface area contributed by atoms with E-state index in [4.69, 9.17) is 4.99 Å². The zero-order valence-electron chi connectivity index (χ0n) is 16.1. The topological polar surface area (TPSA) is 42.9 Å². The van der Waals surface area contributed by atoms with Gasteiger partial charge >= 0.3 is 0 Å². The summed E-state index contributed by atoms with van der Waals surface area (Å²) in [5, 5.41) is 7.32. The first-order valence-corrected chi connectivity index (χ1v) is 9.72. The lowest BCUT2D eigenvalue weighted by Crippen LogP contribution is -2.38. The number of nitrogens with zero attached hydrogens (tertiary/aromatic N) is 3. The zero-order valence-corrected chi connectivity index (χ0v) is 16.1. The van der Waals surface area contributed by atoms with Crippen LogP contribution in [0.15, 0.2) is 17.0 Å². The van der Waals surface area contributed by atoms with Crippen LogP contribution in [-0.4, -0.2) is 56.0 Å². The van der Waals surface area contributed by atoms with Crippen molar-refractivity contribution in [3.63, 3.8) is 0 Å². The summed E-state index contributed by atoms with van der Waals surface area (Å²) >= 11 is 0. The molecule has 0 amide bonds. The lowest BCUT2D eigenvalue weighted by atomic mass is 9.95. The van der Waals surface area contributed by atoms with Gasteiger partial charge in [-0.05, 0) is 25.7 Å². The molecule has 0 aromatic carbocycles. The Morgan fingerprint density at radius 3 is 1.79 bits per heavy atom. The van der Waals surface area contributed by atoms with Crippen LogP contribution in [0.3, 0.4) is 0 Å². The predicted octanol–water partition coefficient (Wildman–Crippen LogP) is 3.11. The summed E-state index contributed by atoms with van der Waals surface area (Å²) in [6, 6.07) is 1.17. The van der Waals surface area contributed by atoms with Gasteiger partial charge in [0.05, 0.1) is 0 Å². The van der Waals surface area contributed by atoms with Crippen LogP contribution in [0.25, 0.3) is 0 Å². The van der Waals surface area contributed by atoms with Crippen molar-refractivity contribution in [2.24, 2.45) is 4.99 Å². The van der Waals surface area contributed by atoms with Crippen molar-refractivity contribution in [3.8, 4) is 0 Å². The van der Waals surface area contributed by atoms with E-state index >= 15 is 0 Å². The van der Waals surface area contributed by atoms with Crippen LogP contribution in [-0.2, 0) is 0 Å². The molecule has 0 aromatic rings. The Bertz CT molecular complexity index is 405. The molecule has 2 rings (SSSR count). The van der Waals surface area contributed by atoms with Crippen molar-refractivity contribution in [1.29, 1.82) is 0 Å². The minimum absolute atomic E-state index is 0.562. The Morgan fingerprint density at radius 2 is 1.29 bits per heavy atom. The molecule has 0 radical (unpaired) electrons. The molecule has 0 saturated heterocycles. The Hall–Kier alpha value is -1.39. The van der Waals surface area contributed by atoms with Crippen molar-refractivity contribution in [3.05, 3.63) is 12.0 Å². The third-order valence-corrected chi connectivity index (χ3v) is 5.04. The normalized spacial score (nSPS) is 20.4. The third kappa shape index (κ3) is 6.25. The van der Waals surface area contributed by atoms with Crippen LogP contribution in [0.5, 0.6) is 0 Å². The second kappa shape index (κ2) is 9.80. The van der Waals surface area contributed by atoms with Crippen molar-refractivity contribution >= 4 is 5.96 Å². The molecule has 0 atom stereocenters. The zero-order chi connectivity index (χ0) is 17.4. The van der Waals surface area contributed by atoms with Gasteiger partial charge < -0.3 is 20.4 Å². The van der Waals surface area contributed by atoms with Crippen LogP contribution < -0.4 is 10.6 Å².